The summed E-state index contributed by atoms with van der Waals surface area (Å²) in [6, 6.07) is 0.496. The lowest BCUT2D eigenvalue weighted by atomic mass is 10.1. The van der Waals surface area contributed by atoms with Crippen molar-refractivity contribution >= 4 is 0 Å². The van der Waals surface area contributed by atoms with E-state index in [0.29, 0.717) is 6.07 Å². The molecule has 0 bridgehead atoms. The van der Waals surface area contributed by atoms with Gasteiger partial charge in [-0.05, 0) is 5.56 Å². The van der Waals surface area contributed by atoms with E-state index in [1.807, 2.05) is 0 Å². The number of aliphatic hydroxyl groups excluding tert-OH is 1. The highest BCUT2D eigenvalue weighted by Crippen LogP contribution is 2.25. The topological polar surface area (TPSA) is 62.3 Å². The molecule has 0 aliphatic heterocycles. The van der Waals surface area contributed by atoms with E-state index in [0.717, 1.165) is 0 Å². The van der Waals surface area contributed by atoms with Gasteiger partial charge in [0.25, 0.3) is 12.0 Å². The zero-order valence-electron chi connectivity index (χ0n) is 8.02. The van der Waals surface area contributed by atoms with Gasteiger partial charge in [-0.25, -0.2) is 8.78 Å². The van der Waals surface area contributed by atoms with Gasteiger partial charge >= 0.3 is 6.36 Å². The Morgan fingerprint density at radius 1 is 1.41 bits per heavy atom. The van der Waals surface area contributed by atoms with Gasteiger partial charge in [-0.2, -0.15) is 0 Å². The molecular weight excluding hydrogens is 253 g/mol. The Bertz CT molecular complexity index is 453. The number of H-pyrrole nitrogens is 1. The van der Waals surface area contributed by atoms with Crippen molar-refractivity contribution in [1.82, 2.24) is 4.98 Å². The number of hydrogen-bond acceptors (Lipinski definition) is 3. The number of aromatic nitrogens is 1. The Morgan fingerprint density at radius 2 is 2.00 bits per heavy atom. The van der Waals surface area contributed by atoms with Gasteiger partial charge in [0, 0.05) is 6.07 Å². The molecule has 1 aromatic rings. The van der Waals surface area contributed by atoms with E-state index in [-0.39, 0.29) is 0 Å². The molecule has 0 saturated heterocycles. The summed E-state index contributed by atoms with van der Waals surface area (Å²) in [6.45, 7) is -1.00. The quantitative estimate of drug-likeness (QED) is 0.812. The molecule has 0 aliphatic rings. The summed E-state index contributed by atoms with van der Waals surface area (Å²) in [7, 11) is 0. The second kappa shape index (κ2) is 4.70. The highest BCUT2D eigenvalue weighted by atomic mass is 19.4. The van der Waals surface area contributed by atoms with Gasteiger partial charge in [0.1, 0.15) is 0 Å². The van der Waals surface area contributed by atoms with Crippen LogP contribution in [0.15, 0.2) is 10.9 Å². The Hall–Kier alpha value is -1.64. The lowest BCUT2D eigenvalue weighted by molar-refractivity contribution is -0.276. The lowest BCUT2D eigenvalue weighted by Gasteiger charge is -2.11. The maximum absolute atomic E-state index is 12.4. The molecule has 1 heterocycles. The molecule has 0 amide bonds. The van der Waals surface area contributed by atoms with Crippen LogP contribution in [0.4, 0.5) is 22.0 Å². The molecule has 0 spiro atoms. The number of hydrogen-bond donors (Lipinski definition) is 2. The summed E-state index contributed by atoms with van der Waals surface area (Å²) in [4.78, 5) is 12.6. The Morgan fingerprint density at radius 3 is 2.41 bits per heavy atom. The van der Waals surface area contributed by atoms with E-state index in [1.165, 1.54) is 4.98 Å². The fraction of sp³-hybridized carbons (Fsp3) is 0.375. The molecule has 0 aromatic carbocycles. The molecule has 17 heavy (non-hydrogen) atoms. The zero-order valence-corrected chi connectivity index (χ0v) is 8.02. The first kappa shape index (κ1) is 13.4. The van der Waals surface area contributed by atoms with Crippen LogP contribution in [0.1, 0.15) is 17.6 Å². The van der Waals surface area contributed by atoms with Gasteiger partial charge in [-0.1, -0.05) is 0 Å². The molecule has 0 fully saturated rings. The van der Waals surface area contributed by atoms with Crippen molar-refractivity contribution in [3.05, 3.63) is 27.5 Å². The van der Waals surface area contributed by atoms with Crippen molar-refractivity contribution < 1.29 is 31.8 Å². The predicted molar refractivity (Wildman–Crippen MR) is 44.6 cm³/mol. The number of aliphatic hydroxyl groups is 1. The number of rotatable bonds is 3. The van der Waals surface area contributed by atoms with E-state index in [4.69, 9.17) is 5.11 Å². The minimum atomic E-state index is -5.07. The van der Waals surface area contributed by atoms with Crippen molar-refractivity contribution in [1.29, 1.82) is 0 Å². The van der Waals surface area contributed by atoms with E-state index < -0.39 is 42.0 Å². The van der Waals surface area contributed by atoms with E-state index in [1.54, 1.807) is 0 Å². The normalized spacial score (nSPS) is 11.9. The molecule has 1 rings (SSSR count). The molecule has 96 valence electrons. The third-order valence-electron chi connectivity index (χ3n) is 1.75. The molecule has 9 heteroatoms. The van der Waals surface area contributed by atoms with Gasteiger partial charge in [0.15, 0.2) is 0 Å². The van der Waals surface area contributed by atoms with Crippen molar-refractivity contribution in [2.45, 2.75) is 19.4 Å². The van der Waals surface area contributed by atoms with Crippen molar-refractivity contribution in [2.24, 2.45) is 0 Å². The monoisotopic (exact) mass is 259 g/mol. The van der Waals surface area contributed by atoms with Gasteiger partial charge in [-0.3, -0.25) is 9.78 Å². The van der Waals surface area contributed by atoms with Crippen LogP contribution in [0.5, 0.6) is 5.88 Å². The van der Waals surface area contributed by atoms with Crippen LogP contribution < -0.4 is 10.3 Å². The van der Waals surface area contributed by atoms with Crippen LogP contribution in [0, 0.1) is 0 Å². The van der Waals surface area contributed by atoms with Crippen LogP contribution in [-0.4, -0.2) is 16.5 Å². The fourth-order valence-corrected chi connectivity index (χ4v) is 1.15. The van der Waals surface area contributed by atoms with Gasteiger partial charge in [0.05, 0.1) is 12.2 Å². The first-order chi connectivity index (χ1) is 7.74. The molecule has 4 nitrogen and oxygen atoms in total. The minimum absolute atomic E-state index is 0.496. The smallest absolute Gasteiger partial charge is 0.392 e. The van der Waals surface area contributed by atoms with Crippen LogP contribution in [-0.2, 0) is 6.61 Å². The van der Waals surface area contributed by atoms with Gasteiger partial charge in [0.2, 0.25) is 5.88 Å². The highest BCUT2D eigenvalue weighted by molar-refractivity contribution is 5.29. The first-order valence-electron chi connectivity index (χ1n) is 4.15. The highest BCUT2D eigenvalue weighted by Gasteiger charge is 2.32. The standard InChI is InChI=1S/C8H6F5NO3/c9-6(10)5-3(2-15)1-4(14-7(5)16)17-8(11,12)13/h1,6,15H,2H2,(H,14,16). The maximum atomic E-state index is 12.4. The average molecular weight is 259 g/mol. The van der Waals surface area contributed by atoms with Crippen molar-refractivity contribution in [3.8, 4) is 5.88 Å². The van der Waals surface area contributed by atoms with Gasteiger partial charge < -0.3 is 9.84 Å². The number of ether oxygens (including phenoxy) is 1. The average Bonchev–Trinajstić information content (AvgIpc) is 2.12. The Kier molecular flexibility index (Phi) is 3.71. The molecule has 2 N–H and O–H groups in total. The van der Waals surface area contributed by atoms with E-state index >= 15 is 0 Å². The third kappa shape index (κ3) is 3.41. The summed E-state index contributed by atoms with van der Waals surface area (Å²) < 4.78 is 63.5. The first-order valence-corrected chi connectivity index (χ1v) is 4.15. The van der Waals surface area contributed by atoms with Crippen LogP contribution in [0.2, 0.25) is 0 Å². The molecule has 0 saturated carbocycles. The van der Waals surface area contributed by atoms with Crippen molar-refractivity contribution in [2.75, 3.05) is 0 Å². The predicted octanol–water partition coefficient (Wildman–Crippen LogP) is 1.70. The molecule has 1 aromatic heterocycles. The van der Waals surface area contributed by atoms with Gasteiger partial charge in [-0.15, -0.1) is 13.2 Å². The van der Waals surface area contributed by atoms with Crippen LogP contribution in [0.3, 0.4) is 0 Å². The van der Waals surface area contributed by atoms with Crippen molar-refractivity contribution in [3.63, 3.8) is 0 Å². The maximum Gasteiger partial charge on any atom is 0.574 e. The number of nitrogens with one attached hydrogen (secondary N) is 1. The minimum Gasteiger partial charge on any atom is -0.392 e. The second-order valence-corrected chi connectivity index (χ2v) is 2.91. The lowest BCUT2D eigenvalue weighted by Crippen LogP contribution is -2.23. The number of pyridine rings is 1. The summed E-state index contributed by atoms with van der Waals surface area (Å²) in [5.74, 6) is -1.06. The Labute approximate surface area is 90.6 Å². The Balaban J connectivity index is 3.23. The zero-order chi connectivity index (χ0) is 13.2. The molecule has 0 aliphatic carbocycles. The largest absolute Gasteiger partial charge is 0.574 e. The fourth-order valence-electron chi connectivity index (χ4n) is 1.15. The van der Waals surface area contributed by atoms with Crippen LogP contribution in [0.25, 0.3) is 0 Å². The van der Waals surface area contributed by atoms with Crippen LogP contribution >= 0.6 is 0 Å². The molecular formula is C8H6F5NO3. The number of aromatic amines is 1. The molecule has 0 unspecified atom stereocenters. The SMILES string of the molecule is O=c1[nH]c(OC(F)(F)F)cc(CO)c1C(F)F. The van der Waals surface area contributed by atoms with E-state index in [9.17, 15) is 26.7 Å². The molecule has 0 radical (unpaired) electrons. The van der Waals surface area contributed by atoms with E-state index in [2.05, 4.69) is 4.74 Å². The second-order valence-electron chi connectivity index (χ2n) is 2.91. The summed E-state index contributed by atoms with van der Waals surface area (Å²) in [6.07, 6.45) is -8.28. The third-order valence-corrected chi connectivity index (χ3v) is 1.75. The summed E-state index contributed by atoms with van der Waals surface area (Å²) >= 11 is 0. The summed E-state index contributed by atoms with van der Waals surface area (Å²) in [5.41, 5.74) is -3.14. The molecule has 0 atom stereocenters. The summed E-state index contributed by atoms with van der Waals surface area (Å²) in [5, 5.41) is 8.69. The number of alkyl halides is 5. The number of halogens is 5.